The van der Waals surface area contributed by atoms with Gasteiger partial charge in [0.15, 0.2) is 0 Å². The standard InChI is InChI=1S/C11H22N2O3/c1-11(2,3)16-10(14)13-8-9-4-5-12-6-7-15-9/h9,12H,4-8H2,1-3H3,(H,13,14)/t9-/m1/s1. The molecule has 16 heavy (non-hydrogen) atoms. The Morgan fingerprint density at radius 1 is 1.50 bits per heavy atom. The van der Waals surface area contributed by atoms with E-state index in [0.29, 0.717) is 13.2 Å². The second kappa shape index (κ2) is 6.06. The minimum absolute atomic E-state index is 0.0857. The van der Waals surface area contributed by atoms with E-state index in [1.807, 2.05) is 20.8 Å². The molecule has 1 saturated heterocycles. The molecule has 0 bridgehead atoms. The Kier molecular flexibility index (Phi) is 5.02. The Labute approximate surface area is 96.9 Å². The van der Waals surface area contributed by atoms with Crippen molar-refractivity contribution in [1.82, 2.24) is 10.6 Å². The van der Waals surface area contributed by atoms with Crippen molar-refractivity contribution < 1.29 is 14.3 Å². The van der Waals surface area contributed by atoms with Crippen LogP contribution in [0.5, 0.6) is 0 Å². The van der Waals surface area contributed by atoms with Gasteiger partial charge < -0.3 is 20.1 Å². The fraction of sp³-hybridized carbons (Fsp3) is 0.909. The van der Waals surface area contributed by atoms with Gasteiger partial charge in [-0.3, -0.25) is 0 Å². The van der Waals surface area contributed by atoms with Gasteiger partial charge >= 0.3 is 6.09 Å². The zero-order valence-corrected chi connectivity index (χ0v) is 10.3. The van der Waals surface area contributed by atoms with Crippen molar-refractivity contribution in [2.75, 3.05) is 26.2 Å². The molecule has 1 aliphatic heterocycles. The van der Waals surface area contributed by atoms with Gasteiger partial charge in [-0.05, 0) is 33.7 Å². The number of carbonyl (C=O) groups is 1. The average Bonchev–Trinajstić information content (AvgIpc) is 2.39. The summed E-state index contributed by atoms with van der Waals surface area (Å²) in [5.41, 5.74) is -0.448. The Morgan fingerprint density at radius 2 is 2.25 bits per heavy atom. The van der Waals surface area contributed by atoms with E-state index in [4.69, 9.17) is 9.47 Å². The Balaban J connectivity index is 2.20. The van der Waals surface area contributed by atoms with Crippen molar-refractivity contribution in [2.24, 2.45) is 0 Å². The zero-order valence-electron chi connectivity index (χ0n) is 10.3. The third-order valence-corrected chi connectivity index (χ3v) is 2.15. The summed E-state index contributed by atoms with van der Waals surface area (Å²) in [6.45, 7) is 8.55. The molecule has 0 radical (unpaired) electrons. The number of amides is 1. The monoisotopic (exact) mass is 230 g/mol. The highest BCUT2D eigenvalue weighted by atomic mass is 16.6. The molecule has 1 rings (SSSR count). The zero-order chi connectivity index (χ0) is 12.0. The first-order valence-electron chi connectivity index (χ1n) is 5.76. The van der Waals surface area contributed by atoms with Crippen molar-refractivity contribution in [2.45, 2.75) is 38.9 Å². The highest BCUT2D eigenvalue weighted by Crippen LogP contribution is 2.07. The van der Waals surface area contributed by atoms with Crippen molar-refractivity contribution in [1.29, 1.82) is 0 Å². The lowest BCUT2D eigenvalue weighted by atomic mass is 10.2. The van der Waals surface area contributed by atoms with Gasteiger partial charge in [0.05, 0.1) is 12.7 Å². The number of hydrogen-bond acceptors (Lipinski definition) is 4. The summed E-state index contributed by atoms with van der Waals surface area (Å²) in [5, 5.41) is 5.96. The molecule has 1 heterocycles. The highest BCUT2D eigenvalue weighted by molar-refractivity contribution is 5.67. The van der Waals surface area contributed by atoms with Crippen LogP contribution in [0.15, 0.2) is 0 Å². The molecule has 0 aliphatic carbocycles. The maximum absolute atomic E-state index is 11.4. The molecule has 2 N–H and O–H groups in total. The van der Waals surface area contributed by atoms with E-state index in [1.165, 1.54) is 0 Å². The second-order valence-corrected chi connectivity index (χ2v) is 4.91. The van der Waals surface area contributed by atoms with Crippen LogP contribution in [0, 0.1) is 0 Å². The Morgan fingerprint density at radius 3 is 2.94 bits per heavy atom. The van der Waals surface area contributed by atoms with Crippen LogP contribution in [0.1, 0.15) is 27.2 Å². The first kappa shape index (κ1) is 13.3. The number of nitrogens with one attached hydrogen (secondary N) is 2. The molecular formula is C11H22N2O3. The summed E-state index contributed by atoms with van der Waals surface area (Å²) in [5.74, 6) is 0. The molecule has 5 heteroatoms. The summed E-state index contributed by atoms with van der Waals surface area (Å²) < 4.78 is 10.7. The van der Waals surface area contributed by atoms with E-state index < -0.39 is 5.60 Å². The van der Waals surface area contributed by atoms with Crippen molar-refractivity contribution in [3.05, 3.63) is 0 Å². The minimum atomic E-state index is -0.448. The molecule has 1 amide bonds. The second-order valence-electron chi connectivity index (χ2n) is 4.91. The smallest absolute Gasteiger partial charge is 0.407 e. The van der Waals surface area contributed by atoms with Crippen LogP contribution in [0.3, 0.4) is 0 Å². The van der Waals surface area contributed by atoms with Crippen molar-refractivity contribution in [3.63, 3.8) is 0 Å². The predicted octanol–water partition coefficient (Wildman–Crippen LogP) is 0.890. The summed E-state index contributed by atoms with van der Waals surface area (Å²) >= 11 is 0. The maximum atomic E-state index is 11.4. The molecule has 0 aromatic rings. The van der Waals surface area contributed by atoms with Gasteiger partial charge in [-0.15, -0.1) is 0 Å². The van der Waals surface area contributed by atoms with Crippen LogP contribution in [0.4, 0.5) is 4.79 Å². The van der Waals surface area contributed by atoms with E-state index >= 15 is 0 Å². The number of ether oxygens (including phenoxy) is 2. The molecule has 0 saturated carbocycles. The fourth-order valence-corrected chi connectivity index (χ4v) is 1.44. The fourth-order valence-electron chi connectivity index (χ4n) is 1.44. The van der Waals surface area contributed by atoms with Crippen LogP contribution in [0.25, 0.3) is 0 Å². The summed E-state index contributed by atoms with van der Waals surface area (Å²) in [6, 6.07) is 0. The van der Waals surface area contributed by atoms with Gasteiger partial charge in [0.2, 0.25) is 0 Å². The van der Waals surface area contributed by atoms with E-state index in [1.54, 1.807) is 0 Å². The SMILES string of the molecule is CC(C)(C)OC(=O)NC[C@H]1CCNCCO1. The van der Waals surface area contributed by atoms with E-state index in [2.05, 4.69) is 10.6 Å². The predicted molar refractivity (Wildman–Crippen MR) is 61.5 cm³/mol. The molecule has 1 atom stereocenters. The molecule has 5 nitrogen and oxygen atoms in total. The van der Waals surface area contributed by atoms with Crippen LogP contribution in [-0.4, -0.2) is 44.0 Å². The summed E-state index contributed by atoms with van der Waals surface area (Å²) in [4.78, 5) is 11.4. The van der Waals surface area contributed by atoms with Crippen LogP contribution < -0.4 is 10.6 Å². The van der Waals surface area contributed by atoms with Crippen molar-refractivity contribution >= 4 is 6.09 Å². The van der Waals surface area contributed by atoms with Gasteiger partial charge in [0, 0.05) is 13.1 Å². The van der Waals surface area contributed by atoms with Gasteiger partial charge in [0.25, 0.3) is 0 Å². The summed E-state index contributed by atoms with van der Waals surface area (Å²) in [6.07, 6.45) is 0.617. The molecule has 1 fully saturated rings. The maximum Gasteiger partial charge on any atom is 0.407 e. The number of rotatable bonds is 2. The van der Waals surface area contributed by atoms with Crippen LogP contribution >= 0.6 is 0 Å². The van der Waals surface area contributed by atoms with Crippen LogP contribution in [0.2, 0.25) is 0 Å². The Bertz CT molecular complexity index is 218. The number of carbonyl (C=O) groups excluding carboxylic acids is 1. The molecule has 0 unspecified atom stereocenters. The van der Waals surface area contributed by atoms with Gasteiger partial charge in [-0.2, -0.15) is 0 Å². The van der Waals surface area contributed by atoms with E-state index in [9.17, 15) is 4.79 Å². The minimum Gasteiger partial charge on any atom is -0.444 e. The number of alkyl carbamates (subject to hydrolysis) is 1. The molecule has 94 valence electrons. The van der Waals surface area contributed by atoms with Crippen molar-refractivity contribution in [3.8, 4) is 0 Å². The lowest BCUT2D eigenvalue weighted by Gasteiger charge is -2.21. The normalized spacial score (nSPS) is 22.3. The molecule has 0 spiro atoms. The van der Waals surface area contributed by atoms with E-state index in [-0.39, 0.29) is 12.2 Å². The quantitative estimate of drug-likeness (QED) is 0.739. The number of hydrogen-bond donors (Lipinski definition) is 2. The molecule has 0 aromatic heterocycles. The summed E-state index contributed by atoms with van der Waals surface area (Å²) in [7, 11) is 0. The van der Waals surface area contributed by atoms with E-state index in [0.717, 1.165) is 19.5 Å². The third kappa shape index (κ3) is 5.92. The molecular weight excluding hydrogens is 208 g/mol. The molecule has 0 aromatic carbocycles. The lowest BCUT2D eigenvalue weighted by Crippen LogP contribution is -2.37. The largest absolute Gasteiger partial charge is 0.444 e. The van der Waals surface area contributed by atoms with Crippen LogP contribution in [-0.2, 0) is 9.47 Å². The average molecular weight is 230 g/mol. The highest BCUT2D eigenvalue weighted by Gasteiger charge is 2.18. The third-order valence-electron chi connectivity index (χ3n) is 2.15. The van der Waals surface area contributed by atoms with Gasteiger partial charge in [0.1, 0.15) is 5.60 Å². The Hall–Kier alpha value is -0.810. The lowest BCUT2D eigenvalue weighted by molar-refractivity contribution is 0.0389. The molecule has 1 aliphatic rings. The topological polar surface area (TPSA) is 59.6 Å². The van der Waals surface area contributed by atoms with Gasteiger partial charge in [-0.1, -0.05) is 0 Å². The van der Waals surface area contributed by atoms with Gasteiger partial charge in [-0.25, -0.2) is 4.79 Å². The first-order chi connectivity index (χ1) is 7.47. The first-order valence-corrected chi connectivity index (χ1v) is 5.76.